The topological polar surface area (TPSA) is 61.5 Å². The zero-order valence-corrected chi connectivity index (χ0v) is 18.4. The summed E-state index contributed by atoms with van der Waals surface area (Å²) in [6.45, 7) is 5.07. The van der Waals surface area contributed by atoms with E-state index in [1.54, 1.807) is 6.07 Å². The monoisotopic (exact) mass is 436 g/mol. The summed E-state index contributed by atoms with van der Waals surface area (Å²) in [5.41, 5.74) is 2.57. The molecule has 3 aromatic rings. The number of carbonyl (C=O) groups is 1. The van der Waals surface area contributed by atoms with Crippen LogP contribution in [0.2, 0.25) is 0 Å². The van der Waals surface area contributed by atoms with Gasteiger partial charge in [0.1, 0.15) is 23.5 Å². The standard InChI is InChI=1S/C25H29FN4O2/c1-17-15-29(16-18-6-2-3-8-23(18)32-17)13-11-24(31)30-12-5-4-7-22(30)25-27-20-10-9-19(26)14-21(20)28-25/h2-3,6,8-10,14,17,22H,4-5,7,11-13,15-16H2,1H3,(H,27,28)/t17-,22-/m0/s1. The molecule has 0 unspecified atom stereocenters. The van der Waals surface area contributed by atoms with Gasteiger partial charge in [-0.25, -0.2) is 9.37 Å². The first-order chi connectivity index (χ1) is 15.6. The Labute approximate surface area is 187 Å². The van der Waals surface area contributed by atoms with Gasteiger partial charge < -0.3 is 14.6 Å². The van der Waals surface area contributed by atoms with Crippen molar-refractivity contribution in [2.45, 2.75) is 51.3 Å². The van der Waals surface area contributed by atoms with Gasteiger partial charge in [-0.05, 0) is 50.5 Å². The van der Waals surface area contributed by atoms with Crippen LogP contribution in [0.1, 0.15) is 50.0 Å². The highest BCUT2D eigenvalue weighted by Gasteiger charge is 2.30. The molecule has 7 heteroatoms. The Bertz CT molecular complexity index is 1110. The van der Waals surface area contributed by atoms with Crippen molar-refractivity contribution in [3.8, 4) is 5.75 Å². The molecule has 1 saturated heterocycles. The Hall–Kier alpha value is -2.93. The summed E-state index contributed by atoms with van der Waals surface area (Å²) in [5, 5.41) is 0. The molecule has 6 nitrogen and oxygen atoms in total. The predicted molar refractivity (Wildman–Crippen MR) is 121 cm³/mol. The fraction of sp³-hybridized carbons (Fsp3) is 0.440. The number of aromatic amines is 1. The van der Waals surface area contributed by atoms with E-state index in [1.807, 2.05) is 23.1 Å². The number of nitrogens with one attached hydrogen (secondary N) is 1. The third-order valence-electron chi connectivity index (χ3n) is 6.45. The first-order valence-electron chi connectivity index (χ1n) is 11.5. The van der Waals surface area contributed by atoms with Crippen LogP contribution in [0.4, 0.5) is 4.39 Å². The number of fused-ring (bicyclic) bond motifs is 2. The van der Waals surface area contributed by atoms with Crippen molar-refractivity contribution in [3.63, 3.8) is 0 Å². The molecule has 2 aromatic carbocycles. The smallest absolute Gasteiger partial charge is 0.224 e. The molecule has 1 amide bonds. The second kappa shape index (κ2) is 8.90. The van der Waals surface area contributed by atoms with Crippen molar-refractivity contribution < 1.29 is 13.9 Å². The molecule has 2 aliphatic rings. The molecule has 0 spiro atoms. The second-order valence-corrected chi connectivity index (χ2v) is 8.90. The Morgan fingerprint density at radius 1 is 1.25 bits per heavy atom. The Kier molecular flexibility index (Phi) is 5.83. The molecule has 1 N–H and O–H groups in total. The molecule has 32 heavy (non-hydrogen) atoms. The molecule has 168 valence electrons. The number of carbonyl (C=O) groups excluding carboxylic acids is 1. The van der Waals surface area contributed by atoms with E-state index in [2.05, 4.69) is 27.9 Å². The first kappa shape index (κ1) is 20.9. The van der Waals surface area contributed by atoms with Crippen LogP contribution < -0.4 is 4.74 Å². The highest BCUT2D eigenvalue weighted by atomic mass is 19.1. The number of aromatic nitrogens is 2. The average molecular weight is 437 g/mol. The number of hydrogen-bond donors (Lipinski definition) is 1. The number of para-hydroxylation sites is 1. The highest BCUT2D eigenvalue weighted by molar-refractivity contribution is 5.78. The number of likely N-dealkylation sites (tertiary alicyclic amines) is 1. The molecule has 0 bridgehead atoms. The van der Waals surface area contributed by atoms with Gasteiger partial charge in [0.25, 0.3) is 0 Å². The summed E-state index contributed by atoms with van der Waals surface area (Å²) < 4.78 is 19.6. The summed E-state index contributed by atoms with van der Waals surface area (Å²) in [6.07, 6.45) is 3.46. The fourth-order valence-electron chi connectivity index (χ4n) is 4.91. The number of amides is 1. The van der Waals surface area contributed by atoms with Crippen molar-refractivity contribution in [1.29, 1.82) is 0 Å². The van der Waals surface area contributed by atoms with Gasteiger partial charge in [0, 0.05) is 38.2 Å². The summed E-state index contributed by atoms with van der Waals surface area (Å²) in [7, 11) is 0. The quantitative estimate of drug-likeness (QED) is 0.657. The predicted octanol–water partition coefficient (Wildman–Crippen LogP) is 4.43. The maximum atomic E-state index is 13.6. The van der Waals surface area contributed by atoms with Gasteiger partial charge in [-0.3, -0.25) is 9.69 Å². The maximum absolute atomic E-state index is 13.6. The summed E-state index contributed by atoms with van der Waals surface area (Å²) in [6, 6.07) is 12.6. The fourth-order valence-corrected chi connectivity index (χ4v) is 4.91. The van der Waals surface area contributed by atoms with E-state index in [0.29, 0.717) is 18.5 Å². The van der Waals surface area contributed by atoms with Gasteiger partial charge in [0.05, 0.1) is 17.1 Å². The maximum Gasteiger partial charge on any atom is 0.224 e. The van der Waals surface area contributed by atoms with Gasteiger partial charge in [0.2, 0.25) is 5.91 Å². The van der Waals surface area contributed by atoms with Gasteiger partial charge in [0.15, 0.2) is 0 Å². The summed E-state index contributed by atoms with van der Waals surface area (Å²) in [4.78, 5) is 25.5. The highest BCUT2D eigenvalue weighted by Crippen LogP contribution is 2.31. The van der Waals surface area contributed by atoms with Crippen molar-refractivity contribution in [3.05, 3.63) is 59.7 Å². The minimum Gasteiger partial charge on any atom is -0.489 e. The van der Waals surface area contributed by atoms with E-state index in [4.69, 9.17) is 4.74 Å². The van der Waals surface area contributed by atoms with Crippen molar-refractivity contribution in [2.75, 3.05) is 19.6 Å². The van der Waals surface area contributed by atoms with E-state index in [9.17, 15) is 9.18 Å². The molecule has 2 atom stereocenters. The van der Waals surface area contributed by atoms with E-state index >= 15 is 0 Å². The lowest BCUT2D eigenvalue weighted by atomic mass is 10.0. The second-order valence-electron chi connectivity index (χ2n) is 8.90. The van der Waals surface area contributed by atoms with Crippen LogP contribution in [-0.2, 0) is 11.3 Å². The minimum absolute atomic E-state index is 0.0763. The van der Waals surface area contributed by atoms with Crippen LogP contribution >= 0.6 is 0 Å². The lowest BCUT2D eigenvalue weighted by molar-refractivity contribution is -0.135. The van der Waals surface area contributed by atoms with E-state index in [1.165, 1.54) is 12.1 Å². The molecule has 0 radical (unpaired) electrons. The Morgan fingerprint density at radius 2 is 2.12 bits per heavy atom. The molecule has 1 fully saturated rings. The average Bonchev–Trinajstić information content (AvgIpc) is 3.13. The van der Waals surface area contributed by atoms with Crippen LogP contribution in [0.5, 0.6) is 5.75 Å². The zero-order valence-electron chi connectivity index (χ0n) is 18.4. The van der Waals surface area contributed by atoms with Crippen LogP contribution in [0.3, 0.4) is 0 Å². The van der Waals surface area contributed by atoms with Crippen LogP contribution in [-0.4, -0.2) is 51.4 Å². The SMILES string of the molecule is C[C@H]1CN(CCC(=O)N2CCCC[C@H]2c2nc3ccc(F)cc3[nH]2)Cc2ccccc2O1. The zero-order chi connectivity index (χ0) is 22.1. The molecule has 2 aliphatic heterocycles. The van der Waals surface area contributed by atoms with Crippen LogP contribution in [0, 0.1) is 5.82 Å². The van der Waals surface area contributed by atoms with Gasteiger partial charge in [-0.1, -0.05) is 18.2 Å². The molecular formula is C25H29FN4O2. The molecule has 1 aromatic heterocycles. The van der Waals surface area contributed by atoms with E-state index in [0.717, 1.165) is 61.6 Å². The molecule has 5 rings (SSSR count). The third-order valence-corrected chi connectivity index (χ3v) is 6.45. The van der Waals surface area contributed by atoms with Gasteiger partial charge >= 0.3 is 0 Å². The third kappa shape index (κ3) is 4.35. The normalized spacial score (nSPS) is 21.8. The number of hydrogen-bond acceptors (Lipinski definition) is 4. The number of nitrogens with zero attached hydrogens (tertiary/aromatic N) is 3. The van der Waals surface area contributed by atoms with Gasteiger partial charge in [-0.15, -0.1) is 0 Å². The number of piperidine rings is 1. The van der Waals surface area contributed by atoms with Gasteiger partial charge in [-0.2, -0.15) is 0 Å². The number of benzene rings is 2. The van der Waals surface area contributed by atoms with Crippen molar-refractivity contribution >= 4 is 16.9 Å². The number of rotatable bonds is 4. The number of halogens is 1. The van der Waals surface area contributed by atoms with E-state index < -0.39 is 0 Å². The minimum atomic E-state index is -0.290. The first-order valence-corrected chi connectivity index (χ1v) is 11.5. The van der Waals surface area contributed by atoms with Crippen molar-refractivity contribution in [2.24, 2.45) is 0 Å². The number of ether oxygens (including phenoxy) is 1. The number of H-pyrrole nitrogens is 1. The van der Waals surface area contributed by atoms with E-state index in [-0.39, 0.29) is 23.9 Å². The Balaban J connectivity index is 1.28. The van der Waals surface area contributed by atoms with Crippen LogP contribution in [0.15, 0.2) is 42.5 Å². The lowest BCUT2D eigenvalue weighted by Gasteiger charge is -2.35. The number of imidazole rings is 1. The van der Waals surface area contributed by atoms with Crippen LogP contribution in [0.25, 0.3) is 11.0 Å². The molecular weight excluding hydrogens is 407 g/mol. The largest absolute Gasteiger partial charge is 0.489 e. The molecule has 3 heterocycles. The summed E-state index contributed by atoms with van der Waals surface area (Å²) in [5.74, 6) is 1.55. The Morgan fingerprint density at radius 3 is 3.03 bits per heavy atom. The molecule has 0 saturated carbocycles. The molecule has 0 aliphatic carbocycles. The van der Waals surface area contributed by atoms with Crippen molar-refractivity contribution in [1.82, 2.24) is 19.8 Å². The summed E-state index contributed by atoms with van der Waals surface area (Å²) >= 11 is 0. The lowest BCUT2D eigenvalue weighted by Crippen LogP contribution is -2.41.